The maximum absolute atomic E-state index is 11.8. The van der Waals surface area contributed by atoms with Gasteiger partial charge in [-0.15, -0.1) is 0 Å². The Morgan fingerprint density at radius 3 is 1.80 bits per heavy atom. The zero-order chi connectivity index (χ0) is 22.4. The summed E-state index contributed by atoms with van der Waals surface area (Å²) in [4.78, 5) is 66.2. The van der Waals surface area contributed by atoms with Gasteiger partial charge in [0.1, 0.15) is 0 Å². The Balaban J connectivity index is 0. The van der Waals surface area contributed by atoms with Gasteiger partial charge in [0.2, 0.25) is 11.8 Å². The van der Waals surface area contributed by atoms with Crippen molar-refractivity contribution >= 4 is 35.8 Å². The number of rotatable bonds is 14. The van der Waals surface area contributed by atoms with Gasteiger partial charge in [-0.1, -0.05) is 0 Å². The quantitative estimate of drug-likeness (QED) is 0.142. The van der Waals surface area contributed by atoms with E-state index >= 15 is 0 Å². The number of urea groups is 1. The molecule has 0 saturated heterocycles. The summed E-state index contributed by atoms with van der Waals surface area (Å²) in [6, 6.07) is -4.22. The van der Waals surface area contributed by atoms with Gasteiger partial charge < -0.3 is 51.0 Å². The number of carbonyl (C=O) groups excluding carboxylic acids is 6. The largest absolute Gasteiger partial charge is 3.00 e. The summed E-state index contributed by atoms with van der Waals surface area (Å²) in [6.07, 6.45) is -0.560. The van der Waals surface area contributed by atoms with Crippen molar-refractivity contribution in [1.82, 2.24) is 21.3 Å². The topological polar surface area (TPSA) is 220 Å². The number of amides is 4. The fourth-order valence-electron chi connectivity index (χ4n) is 2.09. The second-order valence-electron chi connectivity index (χ2n) is 6.03. The van der Waals surface area contributed by atoms with Crippen LogP contribution in [-0.4, -0.2) is 60.9 Å². The first kappa shape index (κ1) is 30.1. The zero-order valence-corrected chi connectivity index (χ0v) is 17.7. The van der Waals surface area contributed by atoms with Gasteiger partial charge >= 0.3 is 42.9 Å². The van der Waals surface area contributed by atoms with E-state index in [1.165, 1.54) is 6.92 Å². The van der Waals surface area contributed by atoms with Gasteiger partial charge in [0.25, 0.3) is 0 Å². The molecule has 0 aromatic carbocycles. The number of hydrogen-bond donors (Lipinski definition) is 4. The van der Waals surface area contributed by atoms with E-state index in [2.05, 4.69) is 10.6 Å². The van der Waals surface area contributed by atoms with Gasteiger partial charge in [0.15, 0.2) is 0 Å². The van der Waals surface area contributed by atoms with Crippen LogP contribution >= 0.6 is 0 Å². The maximum Gasteiger partial charge on any atom is 3.00 e. The summed E-state index contributed by atoms with van der Waals surface area (Å²) < 4.78 is 0. The average molecular weight is 590 g/mol. The van der Waals surface area contributed by atoms with E-state index in [1.807, 2.05) is 10.6 Å². The molecule has 0 radical (unpaired) electrons. The van der Waals surface area contributed by atoms with Crippen LogP contribution in [0.2, 0.25) is 0 Å². The standard InChI is InChI=1S/C16H26N4O9.Lu/c1-9(21)18-8-12(22)17-7-3-2-4-10(14(25)26)19-16(29)20-11(15(27)28)5-6-13(23)24;/h10-11H,2-8H2,1H3,(H,17,22)(H,18,21)(H,23,24)(H,25,26)(H,27,28)(H2,19,20,29);/q;+3/p-3. The number of carbonyl (C=O) groups is 6. The van der Waals surface area contributed by atoms with Crippen molar-refractivity contribution < 1.29 is 81.0 Å². The molecule has 2 unspecified atom stereocenters. The van der Waals surface area contributed by atoms with Crippen molar-refractivity contribution in [3.63, 3.8) is 0 Å². The molecular formula is C16H23LuN4O9. The van der Waals surface area contributed by atoms with E-state index in [1.54, 1.807) is 0 Å². The fourth-order valence-corrected chi connectivity index (χ4v) is 2.09. The molecule has 4 N–H and O–H groups in total. The van der Waals surface area contributed by atoms with Gasteiger partial charge in [0.05, 0.1) is 30.6 Å². The van der Waals surface area contributed by atoms with Crippen LogP contribution in [0.15, 0.2) is 0 Å². The molecular weight excluding hydrogens is 567 g/mol. The van der Waals surface area contributed by atoms with Crippen molar-refractivity contribution in [2.75, 3.05) is 13.1 Å². The van der Waals surface area contributed by atoms with Gasteiger partial charge in [-0.3, -0.25) is 9.59 Å². The number of unbranched alkanes of at least 4 members (excludes halogenated alkanes) is 1. The third-order valence-corrected chi connectivity index (χ3v) is 3.56. The molecule has 2 atom stereocenters. The maximum atomic E-state index is 11.8. The van der Waals surface area contributed by atoms with Crippen LogP contribution in [-0.2, 0) is 24.0 Å². The third kappa shape index (κ3) is 15.7. The number of carboxylic acid groups (broad SMARTS) is 3. The Bertz CT molecular complexity index is 630. The molecule has 0 bridgehead atoms. The summed E-state index contributed by atoms with van der Waals surface area (Å²) in [5, 5.41) is 41.1. The van der Waals surface area contributed by atoms with E-state index in [-0.39, 0.29) is 68.7 Å². The van der Waals surface area contributed by atoms with Crippen LogP contribution < -0.4 is 36.6 Å². The van der Waals surface area contributed by atoms with Crippen LogP contribution in [0.5, 0.6) is 0 Å². The predicted octanol–water partition coefficient (Wildman–Crippen LogP) is -5.52. The molecule has 0 aliphatic heterocycles. The summed E-state index contributed by atoms with van der Waals surface area (Å²) in [5.41, 5.74) is 0. The van der Waals surface area contributed by atoms with Crippen LogP contribution in [0, 0.1) is 36.9 Å². The second kappa shape index (κ2) is 16.6. The Hall–Kier alpha value is -2.15. The van der Waals surface area contributed by atoms with Crippen molar-refractivity contribution in [2.45, 2.75) is 51.1 Å². The first-order valence-electron chi connectivity index (χ1n) is 8.72. The molecule has 4 amide bonds. The Morgan fingerprint density at radius 1 is 0.800 bits per heavy atom. The minimum atomic E-state index is -1.73. The van der Waals surface area contributed by atoms with E-state index in [0.29, 0.717) is 6.42 Å². The van der Waals surface area contributed by atoms with E-state index < -0.39 is 54.8 Å². The monoisotopic (exact) mass is 590 g/mol. The normalized spacial score (nSPS) is 11.8. The minimum absolute atomic E-state index is 0. The van der Waals surface area contributed by atoms with Crippen LogP contribution in [0.3, 0.4) is 0 Å². The molecule has 13 nitrogen and oxygen atoms in total. The van der Waals surface area contributed by atoms with Crippen molar-refractivity contribution in [2.24, 2.45) is 0 Å². The van der Waals surface area contributed by atoms with Gasteiger partial charge in [0, 0.05) is 19.4 Å². The van der Waals surface area contributed by atoms with Gasteiger partial charge in [-0.05, 0) is 32.1 Å². The summed E-state index contributed by atoms with van der Waals surface area (Å²) in [5.74, 6) is -5.63. The molecule has 0 spiro atoms. The van der Waals surface area contributed by atoms with Crippen LogP contribution in [0.1, 0.15) is 39.0 Å². The summed E-state index contributed by atoms with van der Waals surface area (Å²) in [6.45, 7) is 1.28. The number of carboxylic acids is 3. The molecule has 0 aliphatic carbocycles. The number of aliphatic carboxylic acids is 3. The van der Waals surface area contributed by atoms with Crippen molar-refractivity contribution in [3.05, 3.63) is 0 Å². The number of hydrogen-bond acceptors (Lipinski definition) is 9. The van der Waals surface area contributed by atoms with Gasteiger partial charge in [-0.2, -0.15) is 0 Å². The Morgan fingerprint density at radius 2 is 1.33 bits per heavy atom. The van der Waals surface area contributed by atoms with E-state index in [0.717, 1.165) is 0 Å². The van der Waals surface area contributed by atoms with Crippen LogP contribution in [0.25, 0.3) is 0 Å². The fraction of sp³-hybridized carbons (Fsp3) is 0.625. The SMILES string of the molecule is CC(=O)NCC(=O)NCCCCC(NC(=O)NC(CCC(=O)[O-])C(=O)[O-])C(=O)[O-].[Lu+3]. The molecule has 0 fully saturated rings. The Labute approximate surface area is 201 Å². The Kier molecular flexibility index (Phi) is 16.7. The molecule has 0 aliphatic rings. The summed E-state index contributed by atoms with van der Waals surface area (Å²) in [7, 11) is 0. The molecule has 0 aromatic heterocycles. The zero-order valence-electron chi connectivity index (χ0n) is 16.0. The van der Waals surface area contributed by atoms with Crippen molar-refractivity contribution in [1.29, 1.82) is 0 Å². The molecule has 0 aromatic rings. The first-order chi connectivity index (χ1) is 13.5. The second-order valence-corrected chi connectivity index (χ2v) is 6.03. The number of nitrogens with one attached hydrogen (secondary N) is 4. The van der Waals surface area contributed by atoms with Gasteiger partial charge in [-0.25, -0.2) is 4.79 Å². The molecule has 14 heteroatoms. The first-order valence-corrected chi connectivity index (χ1v) is 8.72. The molecule has 0 saturated carbocycles. The molecule has 0 heterocycles. The van der Waals surface area contributed by atoms with E-state index in [9.17, 15) is 44.1 Å². The summed E-state index contributed by atoms with van der Waals surface area (Å²) >= 11 is 0. The van der Waals surface area contributed by atoms with Crippen molar-refractivity contribution in [3.8, 4) is 0 Å². The molecule has 30 heavy (non-hydrogen) atoms. The average Bonchev–Trinajstić information content (AvgIpc) is 2.61. The molecule has 176 valence electrons. The minimum Gasteiger partial charge on any atom is -0.550 e. The molecule has 0 rings (SSSR count). The van der Waals surface area contributed by atoms with Crippen LogP contribution in [0.4, 0.5) is 4.79 Å². The smallest absolute Gasteiger partial charge is 0.550 e. The third-order valence-electron chi connectivity index (χ3n) is 3.56. The van der Waals surface area contributed by atoms with E-state index in [4.69, 9.17) is 0 Å². The predicted molar refractivity (Wildman–Crippen MR) is 89.0 cm³/mol.